The Hall–Kier alpha value is -2.57. The highest BCUT2D eigenvalue weighted by Crippen LogP contribution is 2.26. The number of nitrogens with one attached hydrogen (secondary N) is 3. The van der Waals surface area contributed by atoms with E-state index in [0.717, 1.165) is 5.56 Å². The summed E-state index contributed by atoms with van der Waals surface area (Å²) in [6.07, 6.45) is 1.56. The van der Waals surface area contributed by atoms with Crippen LogP contribution in [0.25, 0.3) is 0 Å². The van der Waals surface area contributed by atoms with E-state index in [0.29, 0.717) is 43.9 Å². The van der Waals surface area contributed by atoms with Gasteiger partial charge in [0.25, 0.3) is 0 Å². The zero-order valence-corrected chi connectivity index (χ0v) is 14.0. The highest BCUT2D eigenvalue weighted by Gasteiger charge is 2.26. The van der Waals surface area contributed by atoms with Crippen molar-refractivity contribution in [2.24, 2.45) is 0 Å². The number of benzene rings is 1. The van der Waals surface area contributed by atoms with Crippen LogP contribution in [0.4, 0.5) is 5.69 Å². The third kappa shape index (κ3) is 4.97. The van der Waals surface area contributed by atoms with E-state index in [4.69, 9.17) is 4.74 Å². The number of carbonyl (C=O) groups excluding carboxylic acids is 3. The minimum Gasteiger partial charge on any atom is -0.492 e. The van der Waals surface area contributed by atoms with Crippen molar-refractivity contribution in [1.29, 1.82) is 0 Å². The van der Waals surface area contributed by atoms with Crippen LogP contribution in [0.2, 0.25) is 0 Å². The second-order valence-electron chi connectivity index (χ2n) is 5.64. The average molecular weight is 333 g/mol. The van der Waals surface area contributed by atoms with Crippen LogP contribution in [0.1, 0.15) is 32.3 Å². The molecule has 24 heavy (non-hydrogen) atoms. The van der Waals surface area contributed by atoms with Crippen molar-refractivity contribution in [3.63, 3.8) is 0 Å². The topological polar surface area (TPSA) is 96.5 Å². The Morgan fingerprint density at radius 2 is 2.17 bits per heavy atom. The van der Waals surface area contributed by atoms with Crippen molar-refractivity contribution in [1.82, 2.24) is 10.6 Å². The monoisotopic (exact) mass is 333 g/mol. The number of hydrogen-bond acceptors (Lipinski definition) is 4. The minimum absolute atomic E-state index is 0.0818. The maximum Gasteiger partial charge on any atom is 0.242 e. The molecule has 7 heteroatoms. The molecule has 2 rings (SSSR count). The fourth-order valence-corrected chi connectivity index (χ4v) is 2.57. The maximum atomic E-state index is 11.9. The molecule has 0 aromatic heterocycles. The smallest absolute Gasteiger partial charge is 0.242 e. The third-order valence-electron chi connectivity index (χ3n) is 3.68. The molecule has 7 nitrogen and oxygen atoms in total. The van der Waals surface area contributed by atoms with Gasteiger partial charge >= 0.3 is 0 Å². The van der Waals surface area contributed by atoms with Crippen molar-refractivity contribution in [2.45, 2.75) is 39.2 Å². The van der Waals surface area contributed by atoms with Gasteiger partial charge in [-0.25, -0.2) is 0 Å². The molecule has 1 saturated heterocycles. The minimum atomic E-state index is -0.423. The first-order valence-corrected chi connectivity index (χ1v) is 8.10. The Labute approximate surface area is 141 Å². The second-order valence-corrected chi connectivity index (χ2v) is 5.64. The van der Waals surface area contributed by atoms with Gasteiger partial charge < -0.3 is 20.7 Å². The Morgan fingerprint density at radius 1 is 1.38 bits per heavy atom. The van der Waals surface area contributed by atoms with Crippen LogP contribution < -0.4 is 20.7 Å². The lowest BCUT2D eigenvalue weighted by molar-refractivity contribution is -0.125. The molecule has 0 aliphatic carbocycles. The highest BCUT2D eigenvalue weighted by atomic mass is 16.5. The number of hydrogen-bond donors (Lipinski definition) is 3. The summed E-state index contributed by atoms with van der Waals surface area (Å²) in [5.74, 6) is 0.211. The first kappa shape index (κ1) is 17.8. The largest absolute Gasteiger partial charge is 0.492 e. The predicted molar refractivity (Wildman–Crippen MR) is 89.8 cm³/mol. The summed E-state index contributed by atoms with van der Waals surface area (Å²) >= 11 is 0. The summed E-state index contributed by atoms with van der Waals surface area (Å²) in [6, 6.07) is 5.13. The van der Waals surface area contributed by atoms with Crippen molar-refractivity contribution in [2.75, 3.05) is 18.5 Å². The summed E-state index contributed by atoms with van der Waals surface area (Å²) in [7, 11) is 0. The third-order valence-corrected chi connectivity index (χ3v) is 3.68. The van der Waals surface area contributed by atoms with Gasteiger partial charge in [-0.1, -0.05) is 6.07 Å². The number of rotatable bonds is 7. The molecule has 0 radical (unpaired) electrons. The first-order chi connectivity index (χ1) is 11.5. The van der Waals surface area contributed by atoms with Gasteiger partial charge in [0.05, 0.1) is 12.3 Å². The molecule has 3 amide bonds. The molecule has 130 valence electrons. The van der Waals surface area contributed by atoms with Gasteiger partial charge in [-0.05, 0) is 37.5 Å². The van der Waals surface area contributed by atoms with E-state index in [2.05, 4.69) is 16.0 Å². The van der Waals surface area contributed by atoms with Gasteiger partial charge in [0.1, 0.15) is 11.8 Å². The number of amides is 3. The molecule has 1 atom stereocenters. The summed E-state index contributed by atoms with van der Waals surface area (Å²) in [5.41, 5.74) is 1.59. The molecular weight excluding hydrogens is 310 g/mol. The van der Waals surface area contributed by atoms with Gasteiger partial charge in [-0.2, -0.15) is 0 Å². The van der Waals surface area contributed by atoms with Crippen LogP contribution in [0.3, 0.4) is 0 Å². The van der Waals surface area contributed by atoms with Crippen molar-refractivity contribution in [3.05, 3.63) is 23.8 Å². The summed E-state index contributed by atoms with van der Waals surface area (Å²) in [6.45, 7) is 4.29. The molecule has 0 spiro atoms. The number of ether oxygens (including phenoxy) is 1. The Balaban J connectivity index is 1.90. The first-order valence-electron chi connectivity index (χ1n) is 8.10. The zero-order chi connectivity index (χ0) is 17.5. The van der Waals surface area contributed by atoms with Gasteiger partial charge in [0.15, 0.2) is 0 Å². The Morgan fingerprint density at radius 3 is 2.79 bits per heavy atom. The standard InChI is InChI=1S/C17H23N3O4/c1-3-24-15-6-4-12(10-14(15)19-11(2)21)8-9-18-17(23)13-5-7-16(22)20-13/h4,6,10,13H,3,5,7-9H2,1-2H3,(H,18,23)(H,19,21)(H,20,22). The quantitative estimate of drug-likeness (QED) is 0.693. The van der Waals surface area contributed by atoms with E-state index in [1.165, 1.54) is 6.92 Å². The van der Waals surface area contributed by atoms with E-state index in [-0.39, 0.29) is 17.7 Å². The number of anilines is 1. The van der Waals surface area contributed by atoms with Gasteiger partial charge in [-0.15, -0.1) is 0 Å². The average Bonchev–Trinajstić information content (AvgIpc) is 2.96. The predicted octanol–water partition coefficient (Wildman–Crippen LogP) is 0.981. The van der Waals surface area contributed by atoms with Crippen molar-refractivity contribution >= 4 is 23.4 Å². The molecule has 1 aromatic carbocycles. The van der Waals surface area contributed by atoms with Gasteiger partial charge in [0.2, 0.25) is 17.7 Å². The van der Waals surface area contributed by atoms with Crippen LogP contribution >= 0.6 is 0 Å². The van der Waals surface area contributed by atoms with Crippen LogP contribution in [0, 0.1) is 0 Å². The van der Waals surface area contributed by atoms with Crippen LogP contribution in [0.15, 0.2) is 18.2 Å². The molecule has 0 bridgehead atoms. The molecule has 3 N–H and O–H groups in total. The summed E-state index contributed by atoms with van der Waals surface area (Å²) in [5, 5.41) is 8.21. The SMILES string of the molecule is CCOc1ccc(CCNC(=O)C2CCC(=O)N2)cc1NC(C)=O. The lowest BCUT2D eigenvalue weighted by Crippen LogP contribution is -2.42. The fraction of sp³-hybridized carbons (Fsp3) is 0.471. The summed E-state index contributed by atoms with van der Waals surface area (Å²) < 4.78 is 5.49. The van der Waals surface area contributed by atoms with E-state index < -0.39 is 6.04 Å². The summed E-state index contributed by atoms with van der Waals surface area (Å²) in [4.78, 5) is 34.4. The molecular formula is C17H23N3O4. The second kappa shape index (κ2) is 8.33. The molecule has 1 aliphatic rings. The lowest BCUT2D eigenvalue weighted by atomic mass is 10.1. The van der Waals surface area contributed by atoms with E-state index in [1.807, 2.05) is 25.1 Å². The van der Waals surface area contributed by atoms with Gasteiger partial charge in [-0.3, -0.25) is 14.4 Å². The van der Waals surface area contributed by atoms with E-state index in [9.17, 15) is 14.4 Å². The molecule has 1 aromatic rings. The lowest BCUT2D eigenvalue weighted by Gasteiger charge is -2.13. The Bertz CT molecular complexity index is 630. The van der Waals surface area contributed by atoms with Crippen molar-refractivity contribution < 1.29 is 19.1 Å². The maximum absolute atomic E-state index is 11.9. The van der Waals surface area contributed by atoms with E-state index >= 15 is 0 Å². The molecule has 1 heterocycles. The number of carbonyl (C=O) groups is 3. The normalized spacial score (nSPS) is 16.4. The molecule has 1 fully saturated rings. The fourth-order valence-electron chi connectivity index (χ4n) is 2.57. The zero-order valence-electron chi connectivity index (χ0n) is 14.0. The van der Waals surface area contributed by atoms with Crippen LogP contribution in [-0.4, -0.2) is 36.9 Å². The molecule has 0 saturated carbocycles. The van der Waals surface area contributed by atoms with Crippen LogP contribution in [-0.2, 0) is 20.8 Å². The highest BCUT2D eigenvalue weighted by molar-refractivity contribution is 5.91. The van der Waals surface area contributed by atoms with Crippen LogP contribution in [0.5, 0.6) is 5.75 Å². The Kier molecular flexibility index (Phi) is 6.17. The van der Waals surface area contributed by atoms with E-state index in [1.54, 1.807) is 0 Å². The molecule has 1 unspecified atom stereocenters. The molecule has 1 aliphatic heterocycles. The van der Waals surface area contributed by atoms with Crippen molar-refractivity contribution in [3.8, 4) is 5.75 Å². The van der Waals surface area contributed by atoms with Gasteiger partial charge in [0, 0.05) is 19.9 Å².